The minimum atomic E-state index is -1.22. The van der Waals surface area contributed by atoms with E-state index >= 15 is 0 Å². The van der Waals surface area contributed by atoms with E-state index in [-0.39, 0.29) is 52.1 Å². The molecule has 0 aromatic carbocycles. The Morgan fingerprint density at radius 1 is 0.422 bits per heavy atom. The molecular formula is C33H60O8S4. The predicted molar refractivity (Wildman–Crippen MR) is 193 cm³/mol. The maximum absolute atomic E-state index is 12.7. The van der Waals surface area contributed by atoms with Crippen LogP contribution in [-0.2, 0) is 38.1 Å². The van der Waals surface area contributed by atoms with E-state index in [0.717, 1.165) is 23.0 Å². The average Bonchev–Trinajstić information content (AvgIpc) is 2.96. The third-order valence-corrected chi connectivity index (χ3v) is 11.3. The van der Waals surface area contributed by atoms with Crippen molar-refractivity contribution in [3.63, 3.8) is 0 Å². The molecule has 0 amide bonds. The van der Waals surface area contributed by atoms with Gasteiger partial charge in [0.1, 0.15) is 31.8 Å². The Bertz CT molecular complexity index is 687. The lowest BCUT2D eigenvalue weighted by Gasteiger charge is -2.31. The fourth-order valence-electron chi connectivity index (χ4n) is 3.37. The summed E-state index contributed by atoms with van der Waals surface area (Å²) in [5, 5.41) is 0. The molecule has 0 heterocycles. The number of rotatable bonds is 28. The highest BCUT2D eigenvalue weighted by molar-refractivity contribution is 7.99. The van der Waals surface area contributed by atoms with Gasteiger partial charge in [0.05, 0.1) is 25.7 Å². The molecule has 0 spiro atoms. The smallest absolute Gasteiger partial charge is 0.306 e. The minimum absolute atomic E-state index is 0.208. The first kappa shape index (κ1) is 44.3. The Labute approximate surface area is 290 Å². The lowest BCUT2D eigenvalue weighted by molar-refractivity contribution is -0.170. The molecule has 0 unspecified atom stereocenters. The van der Waals surface area contributed by atoms with Crippen molar-refractivity contribution >= 4 is 70.9 Å². The Hall–Kier alpha value is -0.720. The quantitative estimate of drug-likeness (QED) is 0.0463. The standard InChI is InChI=1S/C33H60O8S4/c1-25(2)17-42-13-9-29(34)38-21-33(22-39-30(35)10-14-43-18-26(3)4,23-40-31(36)11-15-44-19-27(5)6)24-41-32(37)12-16-45-20-28(7)8/h25-28H,9-24H2,1-8H3. The zero-order valence-electron chi connectivity index (χ0n) is 29.0. The Morgan fingerprint density at radius 3 is 0.800 bits per heavy atom. The van der Waals surface area contributed by atoms with Gasteiger partial charge in [0.25, 0.3) is 0 Å². The molecule has 0 aliphatic heterocycles. The van der Waals surface area contributed by atoms with Crippen molar-refractivity contribution in [2.75, 3.05) is 72.5 Å². The molecule has 8 nitrogen and oxygen atoms in total. The fraction of sp³-hybridized carbons (Fsp3) is 0.879. The number of ether oxygens (including phenoxy) is 4. The van der Waals surface area contributed by atoms with E-state index in [2.05, 4.69) is 55.4 Å². The number of carbonyl (C=O) groups is 4. The summed E-state index contributed by atoms with van der Waals surface area (Å²) in [7, 11) is 0. The third-order valence-electron chi connectivity index (χ3n) is 5.76. The normalized spacial score (nSPS) is 11.8. The van der Waals surface area contributed by atoms with Crippen LogP contribution in [0.3, 0.4) is 0 Å². The highest BCUT2D eigenvalue weighted by Crippen LogP contribution is 2.24. The molecular weight excluding hydrogens is 653 g/mol. The second-order valence-electron chi connectivity index (χ2n) is 13.0. The molecule has 45 heavy (non-hydrogen) atoms. The Balaban J connectivity index is 5.56. The summed E-state index contributed by atoms with van der Waals surface area (Å²) in [4.78, 5) is 50.7. The molecule has 0 fully saturated rings. The zero-order chi connectivity index (χ0) is 34.1. The summed E-state index contributed by atoms with van der Waals surface area (Å²) >= 11 is 6.74. The molecule has 0 radical (unpaired) electrons. The molecule has 0 aromatic rings. The molecule has 0 atom stereocenters. The number of hydrogen-bond donors (Lipinski definition) is 0. The fourth-order valence-corrected chi connectivity index (χ4v) is 7.17. The minimum Gasteiger partial charge on any atom is -0.465 e. The first-order chi connectivity index (χ1) is 21.2. The second kappa shape index (κ2) is 27.3. The van der Waals surface area contributed by atoms with Gasteiger partial charge in [0.15, 0.2) is 0 Å². The predicted octanol–water partition coefficient (Wildman–Crippen LogP) is 7.26. The van der Waals surface area contributed by atoms with Crippen LogP contribution in [0.1, 0.15) is 81.1 Å². The molecule has 0 bridgehead atoms. The molecule has 0 aliphatic carbocycles. The van der Waals surface area contributed by atoms with Crippen LogP contribution >= 0.6 is 47.0 Å². The van der Waals surface area contributed by atoms with Crippen LogP contribution in [0.15, 0.2) is 0 Å². The third kappa shape index (κ3) is 28.0. The topological polar surface area (TPSA) is 105 Å². The maximum atomic E-state index is 12.7. The SMILES string of the molecule is CC(C)CSCCC(=O)OCC(COC(=O)CCSCC(C)C)(COC(=O)CCSCC(C)C)COC(=O)CCSCC(C)C. The van der Waals surface area contributed by atoms with E-state index in [1.165, 1.54) is 0 Å². The van der Waals surface area contributed by atoms with Gasteiger partial charge in [-0.05, 0) is 46.7 Å². The van der Waals surface area contributed by atoms with Crippen molar-refractivity contribution in [1.82, 2.24) is 0 Å². The van der Waals surface area contributed by atoms with Gasteiger partial charge in [-0.25, -0.2) is 0 Å². The lowest BCUT2D eigenvalue weighted by atomic mass is 9.92. The molecule has 264 valence electrons. The number of esters is 4. The summed E-state index contributed by atoms with van der Waals surface area (Å²) in [5.74, 6) is 6.75. The molecule has 12 heteroatoms. The monoisotopic (exact) mass is 712 g/mol. The van der Waals surface area contributed by atoms with Gasteiger partial charge in [-0.1, -0.05) is 55.4 Å². The van der Waals surface area contributed by atoms with Crippen molar-refractivity contribution in [3.05, 3.63) is 0 Å². The summed E-state index contributed by atoms with van der Waals surface area (Å²) in [6.45, 7) is 16.2. The number of thioether (sulfide) groups is 4. The van der Waals surface area contributed by atoms with E-state index < -0.39 is 29.3 Å². The van der Waals surface area contributed by atoms with Crippen LogP contribution in [0.4, 0.5) is 0 Å². The van der Waals surface area contributed by atoms with Gasteiger partial charge < -0.3 is 18.9 Å². The molecule has 0 saturated heterocycles. The van der Waals surface area contributed by atoms with Crippen molar-refractivity contribution in [3.8, 4) is 0 Å². The van der Waals surface area contributed by atoms with Gasteiger partial charge in [-0.2, -0.15) is 47.0 Å². The van der Waals surface area contributed by atoms with Crippen molar-refractivity contribution < 1.29 is 38.1 Å². The molecule has 0 rings (SSSR count). The van der Waals surface area contributed by atoms with Gasteiger partial charge in [0.2, 0.25) is 0 Å². The molecule has 0 N–H and O–H groups in total. The largest absolute Gasteiger partial charge is 0.465 e. The molecule has 0 aliphatic rings. The van der Waals surface area contributed by atoms with Crippen LogP contribution in [0, 0.1) is 29.1 Å². The summed E-state index contributed by atoms with van der Waals surface area (Å²) < 4.78 is 22.6. The maximum Gasteiger partial charge on any atom is 0.306 e. The van der Waals surface area contributed by atoms with Crippen LogP contribution in [0.2, 0.25) is 0 Å². The van der Waals surface area contributed by atoms with Gasteiger partial charge in [-0.3, -0.25) is 19.2 Å². The number of carbonyl (C=O) groups excluding carboxylic acids is 4. The van der Waals surface area contributed by atoms with Crippen LogP contribution in [0.25, 0.3) is 0 Å². The first-order valence-corrected chi connectivity index (χ1v) is 20.8. The van der Waals surface area contributed by atoms with Crippen molar-refractivity contribution in [1.29, 1.82) is 0 Å². The van der Waals surface area contributed by atoms with E-state index in [1.54, 1.807) is 47.0 Å². The molecule has 0 aromatic heterocycles. The van der Waals surface area contributed by atoms with E-state index in [9.17, 15) is 19.2 Å². The average molecular weight is 713 g/mol. The summed E-state index contributed by atoms with van der Waals surface area (Å²) in [6.07, 6.45) is 0.889. The van der Waals surface area contributed by atoms with Crippen LogP contribution in [0.5, 0.6) is 0 Å². The summed E-state index contributed by atoms with van der Waals surface area (Å²) in [6, 6.07) is 0. The van der Waals surface area contributed by atoms with Crippen molar-refractivity contribution in [2.45, 2.75) is 81.1 Å². The van der Waals surface area contributed by atoms with Crippen molar-refractivity contribution in [2.24, 2.45) is 29.1 Å². The highest BCUT2D eigenvalue weighted by Gasteiger charge is 2.38. The first-order valence-electron chi connectivity index (χ1n) is 16.2. The van der Waals surface area contributed by atoms with Crippen LogP contribution in [-0.4, -0.2) is 96.3 Å². The van der Waals surface area contributed by atoms with Gasteiger partial charge in [0, 0.05) is 23.0 Å². The molecule has 0 saturated carbocycles. The van der Waals surface area contributed by atoms with E-state index in [4.69, 9.17) is 18.9 Å². The van der Waals surface area contributed by atoms with E-state index in [1.807, 2.05) is 0 Å². The lowest BCUT2D eigenvalue weighted by Crippen LogP contribution is -2.44. The van der Waals surface area contributed by atoms with E-state index in [0.29, 0.717) is 46.7 Å². The summed E-state index contributed by atoms with van der Waals surface area (Å²) in [5.41, 5.74) is -1.22. The Kier molecular flexibility index (Phi) is 26.8. The van der Waals surface area contributed by atoms with Gasteiger partial charge in [-0.15, -0.1) is 0 Å². The van der Waals surface area contributed by atoms with Gasteiger partial charge >= 0.3 is 23.9 Å². The van der Waals surface area contributed by atoms with Crippen LogP contribution < -0.4 is 0 Å². The number of hydrogen-bond acceptors (Lipinski definition) is 12. The highest BCUT2D eigenvalue weighted by atomic mass is 32.2. The Morgan fingerprint density at radius 2 is 0.622 bits per heavy atom. The zero-order valence-corrected chi connectivity index (χ0v) is 32.3. The second-order valence-corrected chi connectivity index (χ2v) is 17.6.